The van der Waals surface area contributed by atoms with Crippen LogP contribution in [0.25, 0.3) is 0 Å². The first-order valence-electron chi connectivity index (χ1n) is 19.3. The van der Waals surface area contributed by atoms with Gasteiger partial charge in [-0.2, -0.15) is 0 Å². The number of quaternary nitrogens is 1. The molecule has 0 rings (SSSR count). The topological polar surface area (TPSA) is 134 Å². The van der Waals surface area contributed by atoms with Crippen LogP contribution in [-0.4, -0.2) is 82.7 Å². The van der Waals surface area contributed by atoms with E-state index in [0.717, 1.165) is 19.3 Å². The maximum absolute atomic E-state index is 13.0. The number of esters is 1. The molecule has 10 heteroatoms. The predicted molar refractivity (Wildman–Crippen MR) is 198 cm³/mol. The van der Waals surface area contributed by atoms with Gasteiger partial charge >= 0.3 is 13.6 Å². The molecule has 0 radical (unpaired) electrons. The third-order valence-corrected chi connectivity index (χ3v) is 11.0. The highest BCUT2D eigenvalue weighted by Gasteiger charge is 2.44. The van der Waals surface area contributed by atoms with Crippen LogP contribution in [0.5, 0.6) is 0 Å². The van der Waals surface area contributed by atoms with Crippen LogP contribution in [0.15, 0.2) is 24.3 Å². The van der Waals surface area contributed by atoms with Gasteiger partial charge in [-0.05, 0) is 64.2 Å². The van der Waals surface area contributed by atoms with E-state index in [0.29, 0.717) is 19.3 Å². The molecule has 0 aromatic carbocycles. The Labute approximate surface area is 294 Å². The highest BCUT2D eigenvalue weighted by Crippen LogP contribution is 2.52. The summed E-state index contributed by atoms with van der Waals surface area (Å²) in [6.07, 6.45) is 31.3. The van der Waals surface area contributed by atoms with E-state index in [1.54, 1.807) is 14.1 Å². The third-order valence-electron chi connectivity index (χ3n) is 8.88. The monoisotopic (exact) mass is 705 g/mol. The minimum Gasteiger partial charge on any atom is -0.463 e. The fraction of sp³-hybridized carbons (Fsp3) is 0.868. The Morgan fingerprint density at radius 2 is 1.12 bits per heavy atom. The molecule has 0 saturated carbocycles. The Kier molecular flexibility index (Phi) is 30.1. The molecule has 0 aliphatic carbocycles. The number of aliphatic hydroxyl groups is 3. The molecule has 4 N–H and O–H groups in total. The molecule has 0 aliphatic rings. The maximum atomic E-state index is 13.0. The van der Waals surface area contributed by atoms with Gasteiger partial charge in [0, 0.05) is 19.3 Å². The van der Waals surface area contributed by atoms with Gasteiger partial charge in [-0.3, -0.25) is 9.36 Å². The number of hydrogen-bond donors (Lipinski definition) is 4. The van der Waals surface area contributed by atoms with Crippen molar-refractivity contribution in [1.29, 1.82) is 0 Å². The molecular weight excluding hydrogens is 629 g/mol. The fourth-order valence-corrected chi connectivity index (χ4v) is 7.85. The molecule has 0 saturated heterocycles. The number of allylic oxidation sites excluding steroid dienone is 4. The number of carbonyl (C=O) groups is 1. The molecule has 0 aromatic heterocycles. The summed E-state index contributed by atoms with van der Waals surface area (Å²) in [7, 11) is -0.674. The average molecular weight is 705 g/mol. The SMILES string of the molecule is CCCCCCC/C=C\CCCCCCCCCC/C=C\CCCCC(=O)OC[C@@H](O)COP(=O)(O)C(CCC)[N+](C)(C)CCC(O)O. The number of ether oxygens (including phenoxy) is 1. The van der Waals surface area contributed by atoms with E-state index >= 15 is 0 Å². The van der Waals surface area contributed by atoms with Gasteiger partial charge in [0.25, 0.3) is 0 Å². The highest BCUT2D eigenvalue weighted by molar-refractivity contribution is 7.53. The van der Waals surface area contributed by atoms with Crippen molar-refractivity contribution in [1.82, 2.24) is 0 Å². The van der Waals surface area contributed by atoms with Crippen LogP contribution in [0.1, 0.15) is 162 Å². The number of hydrogen-bond acceptors (Lipinski definition) is 7. The molecule has 0 heterocycles. The quantitative estimate of drug-likeness (QED) is 0.0130. The van der Waals surface area contributed by atoms with Crippen LogP contribution in [0.2, 0.25) is 0 Å². The van der Waals surface area contributed by atoms with Gasteiger partial charge < -0.3 is 34.0 Å². The first kappa shape index (κ1) is 46.9. The maximum Gasteiger partial charge on any atom is 0.385 e. The van der Waals surface area contributed by atoms with Crippen LogP contribution in [0.4, 0.5) is 0 Å². The Balaban J connectivity index is 3.81. The molecule has 0 spiro atoms. The van der Waals surface area contributed by atoms with E-state index in [9.17, 15) is 29.6 Å². The van der Waals surface area contributed by atoms with E-state index < -0.39 is 38.3 Å². The minimum atomic E-state index is -4.15. The van der Waals surface area contributed by atoms with Crippen LogP contribution >= 0.6 is 7.60 Å². The van der Waals surface area contributed by atoms with E-state index in [1.165, 1.54) is 96.3 Å². The lowest BCUT2D eigenvalue weighted by molar-refractivity contribution is -0.904. The Hall–Kier alpha value is -1.06. The van der Waals surface area contributed by atoms with E-state index in [1.807, 2.05) is 6.92 Å². The van der Waals surface area contributed by atoms with Gasteiger partial charge in [-0.25, -0.2) is 0 Å². The second-order valence-corrected chi connectivity index (χ2v) is 16.0. The second kappa shape index (κ2) is 30.7. The lowest BCUT2D eigenvalue weighted by atomic mass is 10.1. The van der Waals surface area contributed by atoms with E-state index in [-0.39, 0.29) is 30.5 Å². The number of carbonyl (C=O) groups excluding carboxylic acids is 1. The minimum absolute atomic E-state index is 0.0560. The Bertz CT molecular complexity index is 864. The molecule has 0 aliphatic heterocycles. The second-order valence-electron chi connectivity index (χ2n) is 14.0. The van der Waals surface area contributed by atoms with Crippen LogP contribution in [0.3, 0.4) is 0 Å². The van der Waals surface area contributed by atoms with Gasteiger partial charge in [0.2, 0.25) is 0 Å². The molecule has 2 unspecified atom stereocenters. The summed E-state index contributed by atoms with van der Waals surface area (Å²) in [6, 6.07) is 0. The zero-order valence-electron chi connectivity index (χ0n) is 31.2. The molecule has 0 aromatic rings. The normalized spacial score (nSPS) is 15.0. The Morgan fingerprint density at radius 1 is 0.667 bits per heavy atom. The van der Waals surface area contributed by atoms with Crippen molar-refractivity contribution in [2.45, 2.75) is 180 Å². The molecular formula is C38H75NO8P+. The summed E-state index contributed by atoms with van der Waals surface area (Å²) < 4.78 is 23.5. The lowest BCUT2D eigenvalue weighted by Crippen LogP contribution is -2.50. The van der Waals surface area contributed by atoms with Crippen molar-refractivity contribution in [3.8, 4) is 0 Å². The summed E-state index contributed by atoms with van der Waals surface area (Å²) in [6.45, 7) is 3.68. The summed E-state index contributed by atoms with van der Waals surface area (Å²) in [5, 5.41) is 28.6. The zero-order valence-corrected chi connectivity index (χ0v) is 32.1. The summed E-state index contributed by atoms with van der Waals surface area (Å²) in [4.78, 5) is 22.7. The van der Waals surface area contributed by atoms with Crippen molar-refractivity contribution >= 4 is 13.6 Å². The summed E-state index contributed by atoms with van der Waals surface area (Å²) >= 11 is 0. The molecule has 48 heavy (non-hydrogen) atoms. The van der Waals surface area contributed by atoms with Crippen molar-refractivity contribution < 1.29 is 43.3 Å². The molecule has 284 valence electrons. The van der Waals surface area contributed by atoms with Crippen molar-refractivity contribution in [2.24, 2.45) is 0 Å². The smallest absolute Gasteiger partial charge is 0.385 e. The number of rotatable bonds is 34. The number of unbranched alkanes of at least 4 members (excludes halogenated alkanes) is 16. The van der Waals surface area contributed by atoms with Gasteiger partial charge in [0.05, 0.1) is 27.2 Å². The summed E-state index contributed by atoms with van der Waals surface area (Å²) in [5.74, 6) is -1.20. The molecule has 0 fully saturated rings. The average Bonchev–Trinajstić information content (AvgIpc) is 3.04. The van der Waals surface area contributed by atoms with Gasteiger partial charge in [-0.15, -0.1) is 0 Å². The van der Waals surface area contributed by atoms with Crippen molar-refractivity contribution in [3.05, 3.63) is 24.3 Å². The molecule has 3 atom stereocenters. The van der Waals surface area contributed by atoms with Crippen LogP contribution < -0.4 is 0 Å². The van der Waals surface area contributed by atoms with Crippen molar-refractivity contribution in [3.63, 3.8) is 0 Å². The van der Waals surface area contributed by atoms with Gasteiger partial charge in [0.1, 0.15) is 12.7 Å². The number of aliphatic hydroxyl groups excluding tert-OH is 2. The summed E-state index contributed by atoms with van der Waals surface area (Å²) in [5.41, 5.74) is 0. The predicted octanol–water partition coefficient (Wildman–Crippen LogP) is 8.93. The van der Waals surface area contributed by atoms with Crippen LogP contribution in [0, 0.1) is 0 Å². The van der Waals surface area contributed by atoms with Gasteiger partial charge in [-0.1, -0.05) is 102 Å². The first-order valence-corrected chi connectivity index (χ1v) is 20.9. The number of nitrogens with zero attached hydrogens (tertiary/aromatic N) is 1. The van der Waals surface area contributed by atoms with E-state index in [4.69, 9.17) is 9.26 Å². The van der Waals surface area contributed by atoms with Crippen molar-refractivity contribution in [2.75, 3.05) is 33.9 Å². The zero-order chi connectivity index (χ0) is 35.9. The third kappa shape index (κ3) is 27.7. The fourth-order valence-electron chi connectivity index (χ4n) is 5.81. The lowest BCUT2D eigenvalue weighted by Gasteiger charge is -2.39. The highest BCUT2D eigenvalue weighted by atomic mass is 31.2. The molecule has 0 bridgehead atoms. The standard InChI is InChI=1S/C38H74NO8P/c1-5-7-8-9-10-11-12-13-14-15-16-17-18-19-20-21-22-23-24-25-26-27-28-30-38(43)46-33-35(40)34-47-48(44,45)36(29-6-2)39(3,4)32-31-37(41)42/h12-13,24-25,35-37,40-42H,5-11,14-23,26-34H2,1-4H3/p+1/b13-12-,25-24-/t35-,36?/m1/s1. The largest absolute Gasteiger partial charge is 0.463 e. The molecule has 0 amide bonds. The van der Waals surface area contributed by atoms with Crippen LogP contribution in [-0.2, 0) is 18.6 Å². The van der Waals surface area contributed by atoms with Gasteiger partial charge in [0.15, 0.2) is 12.1 Å². The molecule has 9 nitrogen and oxygen atoms in total. The Morgan fingerprint density at radius 3 is 1.58 bits per heavy atom. The van der Waals surface area contributed by atoms with E-state index in [2.05, 4.69) is 31.2 Å². The first-order chi connectivity index (χ1) is 23.0.